The molecule has 1 unspecified atom stereocenters. The van der Waals surface area contributed by atoms with Gasteiger partial charge >= 0.3 is 0 Å². The molecule has 2 aliphatic heterocycles. The first-order valence-electron chi connectivity index (χ1n) is 7.32. The van der Waals surface area contributed by atoms with Gasteiger partial charge in [0.2, 0.25) is 11.8 Å². The first kappa shape index (κ1) is 14.3. The maximum atomic E-state index is 12.2. The highest BCUT2D eigenvalue weighted by atomic mass is 16.3. The number of β-amino-alcohol motifs (C(OH)–C–C–N with tert-alkyl or cyclic N) is 1. The topological polar surface area (TPSA) is 60.9 Å². The molecular formula is C14H24N2O3. The molecule has 0 radical (unpaired) electrons. The zero-order chi connectivity index (χ0) is 13.9. The van der Waals surface area contributed by atoms with Crippen LogP contribution in [0.25, 0.3) is 0 Å². The van der Waals surface area contributed by atoms with Crippen molar-refractivity contribution in [1.82, 2.24) is 9.80 Å². The summed E-state index contributed by atoms with van der Waals surface area (Å²) < 4.78 is 0. The van der Waals surface area contributed by atoms with Crippen molar-refractivity contribution in [3.05, 3.63) is 0 Å². The molecular weight excluding hydrogens is 244 g/mol. The van der Waals surface area contributed by atoms with Crippen LogP contribution in [0.1, 0.15) is 45.4 Å². The van der Waals surface area contributed by atoms with Crippen LogP contribution in [-0.4, -0.2) is 58.5 Å². The van der Waals surface area contributed by atoms with Crippen LogP contribution in [0.15, 0.2) is 0 Å². The van der Waals surface area contributed by atoms with Gasteiger partial charge < -0.3 is 14.9 Å². The molecule has 2 aliphatic rings. The molecule has 2 amide bonds. The van der Waals surface area contributed by atoms with Gasteiger partial charge in [-0.2, -0.15) is 0 Å². The summed E-state index contributed by atoms with van der Waals surface area (Å²) in [6.45, 7) is 3.92. The van der Waals surface area contributed by atoms with Crippen LogP contribution in [0.5, 0.6) is 0 Å². The van der Waals surface area contributed by atoms with Crippen molar-refractivity contribution < 1.29 is 14.7 Å². The zero-order valence-electron chi connectivity index (χ0n) is 11.7. The number of hydrogen-bond donors (Lipinski definition) is 1. The standard InChI is InChI=1S/C14H24N2O3/c1-2-14(19)7-5-9-16(11-14)13(18)10-15-8-4-3-6-12(15)17/h19H,2-11H2,1H3. The Balaban J connectivity index is 1.90. The zero-order valence-corrected chi connectivity index (χ0v) is 11.7. The Morgan fingerprint density at radius 2 is 2.11 bits per heavy atom. The molecule has 0 saturated carbocycles. The molecule has 0 aromatic carbocycles. The molecule has 0 aromatic heterocycles. The van der Waals surface area contributed by atoms with Crippen LogP contribution in [0.4, 0.5) is 0 Å². The van der Waals surface area contributed by atoms with Crippen LogP contribution in [0.2, 0.25) is 0 Å². The molecule has 19 heavy (non-hydrogen) atoms. The molecule has 0 bridgehead atoms. The highest BCUT2D eigenvalue weighted by molar-refractivity contribution is 5.85. The van der Waals surface area contributed by atoms with Crippen molar-refractivity contribution in [1.29, 1.82) is 0 Å². The van der Waals surface area contributed by atoms with E-state index in [0.717, 1.165) is 25.7 Å². The summed E-state index contributed by atoms with van der Waals surface area (Å²) in [5.41, 5.74) is -0.736. The number of carbonyl (C=O) groups is 2. The van der Waals surface area contributed by atoms with Crippen LogP contribution in [0, 0.1) is 0 Å². The monoisotopic (exact) mass is 268 g/mol. The largest absolute Gasteiger partial charge is 0.388 e. The lowest BCUT2D eigenvalue weighted by Gasteiger charge is -2.39. The Morgan fingerprint density at radius 1 is 1.32 bits per heavy atom. The minimum atomic E-state index is -0.736. The number of amides is 2. The van der Waals surface area contributed by atoms with Gasteiger partial charge in [-0.3, -0.25) is 9.59 Å². The number of hydrogen-bond acceptors (Lipinski definition) is 3. The quantitative estimate of drug-likeness (QED) is 0.822. The summed E-state index contributed by atoms with van der Waals surface area (Å²) in [5.74, 6) is 0.0594. The third kappa shape index (κ3) is 3.47. The number of aliphatic hydroxyl groups is 1. The predicted molar refractivity (Wildman–Crippen MR) is 71.5 cm³/mol. The van der Waals surface area contributed by atoms with Crippen LogP contribution in [0.3, 0.4) is 0 Å². The Bertz CT molecular complexity index is 359. The van der Waals surface area contributed by atoms with Crippen LogP contribution in [-0.2, 0) is 9.59 Å². The van der Waals surface area contributed by atoms with E-state index in [1.807, 2.05) is 6.92 Å². The fourth-order valence-electron chi connectivity index (χ4n) is 2.91. The van der Waals surface area contributed by atoms with Crippen LogP contribution < -0.4 is 0 Å². The smallest absolute Gasteiger partial charge is 0.242 e. The number of rotatable bonds is 3. The van der Waals surface area contributed by atoms with Crippen molar-refractivity contribution in [2.24, 2.45) is 0 Å². The number of carbonyl (C=O) groups excluding carboxylic acids is 2. The van der Waals surface area contributed by atoms with Crippen molar-refractivity contribution in [3.8, 4) is 0 Å². The van der Waals surface area contributed by atoms with Gasteiger partial charge in [0.1, 0.15) is 0 Å². The molecule has 2 heterocycles. The highest BCUT2D eigenvalue weighted by Gasteiger charge is 2.34. The summed E-state index contributed by atoms with van der Waals surface area (Å²) in [5, 5.41) is 10.3. The SMILES string of the molecule is CCC1(O)CCCN(C(=O)CN2CCCCC2=O)C1. The number of likely N-dealkylation sites (tertiary alicyclic amines) is 2. The Kier molecular flexibility index (Phi) is 4.45. The van der Waals surface area contributed by atoms with Gasteiger partial charge in [0.25, 0.3) is 0 Å². The minimum absolute atomic E-state index is 0.0261. The molecule has 0 aliphatic carbocycles. The van der Waals surface area contributed by atoms with Crippen LogP contribution >= 0.6 is 0 Å². The lowest BCUT2D eigenvalue weighted by Crippen LogP contribution is -2.53. The van der Waals surface area contributed by atoms with Gasteiger partial charge in [-0.15, -0.1) is 0 Å². The van der Waals surface area contributed by atoms with Crippen molar-refractivity contribution in [2.75, 3.05) is 26.2 Å². The molecule has 2 rings (SSSR count). The van der Waals surface area contributed by atoms with E-state index in [2.05, 4.69) is 0 Å². The van der Waals surface area contributed by atoms with E-state index in [-0.39, 0.29) is 18.4 Å². The Hall–Kier alpha value is -1.10. The number of nitrogens with zero attached hydrogens (tertiary/aromatic N) is 2. The van der Waals surface area contributed by atoms with E-state index in [0.29, 0.717) is 32.5 Å². The van der Waals surface area contributed by atoms with Gasteiger partial charge in [-0.1, -0.05) is 6.92 Å². The van der Waals surface area contributed by atoms with Crippen molar-refractivity contribution >= 4 is 11.8 Å². The van der Waals surface area contributed by atoms with Gasteiger partial charge in [-0.05, 0) is 32.1 Å². The average molecular weight is 268 g/mol. The normalized spacial score (nSPS) is 28.6. The molecule has 0 aromatic rings. The van der Waals surface area contributed by atoms with Crippen molar-refractivity contribution in [3.63, 3.8) is 0 Å². The molecule has 1 N–H and O–H groups in total. The Labute approximate surface area is 114 Å². The van der Waals surface area contributed by atoms with E-state index in [1.54, 1.807) is 9.80 Å². The summed E-state index contributed by atoms with van der Waals surface area (Å²) >= 11 is 0. The number of piperidine rings is 2. The average Bonchev–Trinajstić information content (AvgIpc) is 2.41. The molecule has 5 heteroatoms. The summed E-state index contributed by atoms with van der Waals surface area (Å²) in [6.07, 6.45) is 4.74. The third-order valence-electron chi connectivity index (χ3n) is 4.31. The second-order valence-electron chi connectivity index (χ2n) is 5.77. The highest BCUT2D eigenvalue weighted by Crippen LogP contribution is 2.24. The fourth-order valence-corrected chi connectivity index (χ4v) is 2.91. The van der Waals surface area contributed by atoms with Gasteiger partial charge in [-0.25, -0.2) is 0 Å². The summed E-state index contributed by atoms with van der Waals surface area (Å²) in [6, 6.07) is 0. The minimum Gasteiger partial charge on any atom is -0.388 e. The van der Waals surface area contributed by atoms with Gasteiger partial charge in [0.15, 0.2) is 0 Å². The van der Waals surface area contributed by atoms with E-state index >= 15 is 0 Å². The Morgan fingerprint density at radius 3 is 2.79 bits per heavy atom. The summed E-state index contributed by atoms with van der Waals surface area (Å²) in [4.78, 5) is 27.3. The first-order chi connectivity index (χ1) is 9.04. The molecule has 2 saturated heterocycles. The third-order valence-corrected chi connectivity index (χ3v) is 4.31. The van der Waals surface area contributed by atoms with E-state index in [1.165, 1.54) is 0 Å². The molecule has 0 spiro atoms. The second kappa shape index (κ2) is 5.90. The molecule has 108 valence electrons. The second-order valence-corrected chi connectivity index (χ2v) is 5.77. The fraction of sp³-hybridized carbons (Fsp3) is 0.857. The van der Waals surface area contributed by atoms with Crippen molar-refractivity contribution in [2.45, 2.75) is 51.0 Å². The maximum Gasteiger partial charge on any atom is 0.242 e. The lowest BCUT2D eigenvalue weighted by atomic mass is 9.90. The maximum absolute atomic E-state index is 12.2. The summed E-state index contributed by atoms with van der Waals surface area (Å²) in [7, 11) is 0. The van der Waals surface area contributed by atoms with E-state index < -0.39 is 5.60 Å². The van der Waals surface area contributed by atoms with Gasteiger partial charge in [0.05, 0.1) is 12.1 Å². The lowest BCUT2D eigenvalue weighted by molar-refractivity contribution is -0.145. The van der Waals surface area contributed by atoms with E-state index in [9.17, 15) is 14.7 Å². The first-order valence-corrected chi connectivity index (χ1v) is 7.32. The van der Waals surface area contributed by atoms with E-state index in [4.69, 9.17) is 0 Å². The molecule has 5 nitrogen and oxygen atoms in total. The molecule has 1 atom stereocenters. The molecule has 2 fully saturated rings. The van der Waals surface area contributed by atoms with Gasteiger partial charge in [0, 0.05) is 26.1 Å². The predicted octanol–water partition coefficient (Wildman–Crippen LogP) is 0.762.